The first-order chi connectivity index (χ1) is 10.5. The van der Waals surface area contributed by atoms with Crippen molar-refractivity contribution in [2.45, 2.75) is 24.3 Å². The van der Waals surface area contributed by atoms with Gasteiger partial charge in [0.25, 0.3) is 0 Å². The van der Waals surface area contributed by atoms with Crippen LogP contribution in [0.3, 0.4) is 0 Å². The van der Waals surface area contributed by atoms with Gasteiger partial charge in [0.15, 0.2) is 0 Å². The van der Waals surface area contributed by atoms with Crippen LogP contribution in [0.4, 0.5) is 0 Å². The van der Waals surface area contributed by atoms with Crippen LogP contribution in [0.15, 0.2) is 23.1 Å². The van der Waals surface area contributed by atoms with Crippen LogP contribution in [-0.4, -0.2) is 62.9 Å². The Kier molecular flexibility index (Phi) is 4.75. The van der Waals surface area contributed by atoms with E-state index < -0.39 is 10.0 Å². The number of nitrogens with zero attached hydrogens (tertiary/aromatic N) is 2. The number of aryl methyl sites for hydroxylation is 1. The molecule has 3 rings (SSSR count). The van der Waals surface area contributed by atoms with Gasteiger partial charge < -0.3 is 5.32 Å². The van der Waals surface area contributed by atoms with E-state index in [0.29, 0.717) is 24.2 Å². The van der Waals surface area contributed by atoms with E-state index in [0.717, 1.165) is 38.2 Å². The molecule has 1 N–H and O–H groups in total. The third-order valence-electron chi connectivity index (χ3n) is 4.50. The molecular formula is C15H22ClN3O2S. The molecule has 1 aromatic carbocycles. The number of rotatable bonds is 3. The van der Waals surface area contributed by atoms with Gasteiger partial charge in [0.1, 0.15) is 4.90 Å². The van der Waals surface area contributed by atoms with Crippen molar-refractivity contribution >= 4 is 21.6 Å². The monoisotopic (exact) mass is 343 g/mol. The molecule has 7 heteroatoms. The van der Waals surface area contributed by atoms with Crippen LogP contribution in [0.5, 0.6) is 0 Å². The van der Waals surface area contributed by atoms with E-state index in [4.69, 9.17) is 11.6 Å². The molecule has 0 aliphatic carbocycles. The Balaban J connectivity index is 1.76. The summed E-state index contributed by atoms with van der Waals surface area (Å²) in [7, 11) is -3.50. The molecule has 2 aliphatic rings. The number of hydrogen-bond donors (Lipinski definition) is 1. The fraction of sp³-hybridized carbons (Fsp3) is 0.600. The van der Waals surface area contributed by atoms with Gasteiger partial charge in [0.2, 0.25) is 10.0 Å². The minimum atomic E-state index is -3.50. The molecule has 1 unspecified atom stereocenters. The van der Waals surface area contributed by atoms with E-state index in [1.54, 1.807) is 22.5 Å². The van der Waals surface area contributed by atoms with Crippen LogP contribution >= 0.6 is 11.6 Å². The van der Waals surface area contributed by atoms with E-state index >= 15 is 0 Å². The molecule has 2 aliphatic heterocycles. The van der Waals surface area contributed by atoms with Gasteiger partial charge in [-0.05, 0) is 31.0 Å². The van der Waals surface area contributed by atoms with Crippen LogP contribution in [0.1, 0.15) is 12.0 Å². The summed E-state index contributed by atoms with van der Waals surface area (Å²) in [4.78, 5) is 2.61. The first-order valence-electron chi connectivity index (χ1n) is 7.69. The van der Waals surface area contributed by atoms with Crippen molar-refractivity contribution in [3.8, 4) is 0 Å². The lowest BCUT2D eigenvalue weighted by molar-refractivity contribution is 0.179. The first kappa shape index (κ1) is 16.2. The van der Waals surface area contributed by atoms with E-state index in [2.05, 4.69) is 10.2 Å². The normalized spacial score (nSPS) is 24.7. The predicted molar refractivity (Wildman–Crippen MR) is 87.8 cm³/mol. The molecule has 0 saturated carbocycles. The van der Waals surface area contributed by atoms with Gasteiger partial charge in [-0.2, -0.15) is 4.31 Å². The van der Waals surface area contributed by atoms with Crippen LogP contribution < -0.4 is 5.32 Å². The summed E-state index contributed by atoms with van der Waals surface area (Å²) in [5.41, 5.74) is 0.962. The summed E-state index contributed by atoms with van der Waals surface area (Å²) in [6, 6.07) is 5.44. The lowest BCUT2D eigenvalue weighted by Crippen LogP contribution is -2.49. The van der Waals surface area contributed by atoms with Gasteiger partial charge in [-0.25, -0.2) is 8.42 Å². The van der Waals surface area contributed by atoms with E-state index in [9.17, 15) is 8.42 Å². The molecule has 2 heterocycles. The molecule has 0 amide bonds. The van der Waals surface area contributed by atoms with Gasteiger partial charge in [0, 0.05) is 45.3 Å². The Labute approximate surface area is 137 Å². The molecule has 0 bridgehead atoms. The second-order valence-corrected chi connectivity index (χ2v) is 8.34. The lowest BCUT2D eigenvalue weighted by Gasteiger charge is -2.32. The van der Waals surface area contributed by atoms with Crippen molar-refractivity contribution in [2.75, 3.05) is 39.3 Å². The van der Waals surface area contributed by atoms with Crippen molar-refractivity contribution in [3.05, 3.63) is 28.8 Å². The van der Waals surface area contributed by atoms with Crippen molar-refractivity contribution in [1.29, 1.82) is 0 Å². The summed E-state index contributed by atoms with van der Waals surface area (Å²) < 4.78 is 27.2. The highest BCUT2D eigenvalue weighted by molar-refractivity contribution is 7.89. The highest BCUT2D eigenvalue weighted by atomic mass is 35.5. The zero-order valence-electron chi connectivity index (χ0n) is 12.8. The molecule has 0 radical (unpaired) electrons. The second kappa shape index (κ2) is 6.45. The zero-order valence-corrected chi connectivity index (χ0v) is 14.3. The molecule has 5 nitrogen and oxygen atoms in total. The fourth-order valence-corrected chi connectivity index (χ4v) is 5.29. The zero-order chi connectivity index (χ0) is 15.7. The SMILES string of the molecule is Cc1ccc(S(=O)(=O)N2CCC(N3CCNCC3)C2)c(Cl)c1. The maximum Gasteiger partial charge on any atom is 0.244 e. The van der Waals surface area contributed by atoms with Crippen LogP contribution in [0.25, 0.3) is 0 Å². The van der Waals surface area contributed by atoms with Gasteiger partial charge in [-0.15, -0.1) is 0 Å². The quantitative estimate of drug-likeness (QED) is 0.899. The van der Waals surface area contributed by atoms with Crippen LogP contribution in [0, 0.1) is 6.92 Å². The van der Waals surface area contributed by atoms with Crippen LogP contribution in [-0.2, 0) is 10.0 Å². The Morgan fingerprint density at radius 2 is 1.95 bits per heavy atom. The third kappa shape index (κ3) is 3.16. The lowest BCUT2D eigenvalue weighted by atomic mass is 10.2. The topological polar surface area (TPSA) is 52.7 Å². The van der Waals surface area contributed by atoms with Crippen LogP contribution in [0.2, 0.25) is 5.02 Å². The second-order valence-electron chi connectivity index (χ2n) is 6.03. The Morgan fingerprint density at radius 3 is 2.64 bits per heavy atom. The van der Waals surface area contributed by atoms with Gasteiger partial charge in [-0.3, -0.25) is 4.90 Å². The van der Waals surface area contributed by atoms with Crippen molar-refractivity contribution in [3.63, 3.8) is 0 Å². The highest BCUT2D eigenvalue weighted by Crippen LogP contribution is 2.29. The highest BCUT2D eigenvalue weighted by Gasteiger charge is 2.36. The predicted octanol–water partition coefficient (Wildman–Crippen LogP) is 1.32. The summed E-state index contributed by atoms with van der Waals surface area (Å²) in [5, 5.41) is 3.64. The Bertz CT molecular complexity index is 644. The third-order valence-corrected chi connectivity index (χ3v) is 6.85. The molecule has 22 heavy (non-hydrogen) atoms. The molecule has 0 aromatic heterocycles. The number of nitrogens with one attached hydrogen (secondary N) is 1. The fourth-order valence-electron chi connectivity index (χ4n) is 3.23. The van der Waals surface area contributed by atoms with E-state index in [-0.39, 0.29) is 4.90 Å². The molecular weight excluding hydrogens is 322 g/mol. The van der Waals surface area contributed by atoms with Gasteiger partial charge >= 0.3 is 0 Å². The van der Waals surface area contributed by atoms with Crippen molar-refractivity contribution in [2.24, 2.45) is 0 Å². The number of hydrogen-bond acceptors (Lipinski definition) is 4. The maximum absolute atomic E-state index is 12.8. The van der Waals surface area contributed by atoms with Gasteiger partial charge in [-0.1, -0.05) is 17.7 Å². The first-order valence-corrected chi connectivity index (χ1v) is 9.51. The summed E-state index contributed by atoms with van der Waals surface area (Å²) >= 11 is 6.15. The van der Waals surface area contributed by atoms with Crippen molar-refractivity contribution < 1.29 is 8.42 Å². The number of sulfonamides is 1. The van der Waals surface area contributed by atoms with E-state index in [1.807, 2.05) is 6.92 Å². The molecule has 1 atom stereocenters. The van der Waals surface area contributed by atoms with E-state index in [1.165, 1.54) is 0 Å². The number of piperazine rings is 1. The largest absolute Gasteiger partial charge is 0.314 e. The Hall–Kier alpha value is -0.660. The molecule has 0 spiro atoms. The summed E-state index contributed by atoms with van der Waals surface area (Å²) in [6.07, 6.45) is 0.892. The summed E-state index contributed by atoms with van der Waals surface area (Å²) in [5.74, 6) is 0. The molecule has 2 saturated heterocycles. The molecule has 2 fully saturated rings. The number of benzene rings is 1. The van der Waals surface area contributed by atoms with Crippen molar-refractivity contribution in [1.82, 2.24) is 14.5 Å². The smallest absolute Gasteiger partial charge is 0.244 e. The summed E-state index contributed by atoms with van der Waals surface area (Å²) in [6.45, 7) is 6.97. The average Bonchev–Trinajstić information content (AvgIpc) is 2.98. The molecule has 1 aromatic rings. The molecule has 122 valence electrons. The minimum Gasteiger partial charge on any atom is -0.314 e. The van der Waals surface area contributed by atoms with Gasteiger partial charge in [0.05, 0.1) is 5.02 Å². The number of halogens is 1. The Morgan fingerprint density at radius 1 is 1.23 bits per heavy atom. The average molecular weight is 344 g/mol. The minimum absolute atomic E-state index is 0.223. The standard InChI is InChI=1S/C15H22ClN3O2S/c1-12-2-3-15(14(16)10-12)22(20,21)19-7-4-13(11-19)18-8-5-17-6-9-18/h2-3,10,13,17H,4-9,11H2,1H3. The maximum atomic E-state index is 12.8.